The van der Waals surface area contributed by atoms with Crippen molar-refractivity contribution in [2.75, 3.05) is 26.7 Å². The minimum atomic E-state index is 0. The van der Waals surface area contributed by atoms with Crippen LogP contribution in [0.25, 0.3) is 0 Å². The fourth-order valence-corrected chi connectivity index (χ4v) is 2.99. The van der Waals surface area contributed by atoms with Gasteiger partial charge in [-0.1, -0.05) is 60.7 Å². The third-order valence-electron chi connectivity index (χ3n) is 4.40. The van der Waals surface area contributed by atoms with Gasteiger partial charge in [0.15, 0.2) is 5.96 Å². The minimum Gasteiger partial charge on any atom is -0.490 e. The van der Waals surface area contributed by atoms with E-state index in [4.69, 9.17) is 4.74 Å². The maximum absolute atomic E-state index is 5.66. The van der Waals surface area contributed by atoms with Crippen molar-refractivity contribution in [3.05, 3.63) is 96.3 Å². The zero-order chi connectivity index (χ0) is 19.4. The van der Waals surface area contributed by atoms with E-state index in [-0.39, 0.29) is 29.9 Å². The van der Waals surface area contributed by atoms with Crippen molar-refractivity contribution >= 4 is 29.9 Å². The summed E-state index contributed by atoms with van der Waals surface area (Å²) in [6.07, 6.45) is 3.43. The second-order valence-electron chi connectivity index (χ2n) is 6.29. The van der Waals surface area contributed by atoms with Crippen molar-refractivity contribution in [3.63, 3.8) is 0 Å². The van der Waals surface area contributed by atoms with Gasteiger partial charge in [0.05, 0.1) is 12.7 Å². The van der Waals surface area contributed by atoms with Crippen LogP contribution in [-0.4, -0.2) is 37.7 Å². The molecule has 0 bridgehead atoms. The van der Waals surface area contributed by atoms with Gasteiger partial charge in [0.25, 0.3) is 0 Å². The Balaban J connectivity index is 0.00000300. The second-order valence-corrected chi connectivity index (χ2v) is 6.29. The molecule has 152 valence electrons. The Bertz CT molecular complexity index is 805. The zero-order valence-electron chi connectivity index (χ0n) is 16.5. The largest absolute Gasteiger partial charge is 0.490 e. The first-order valence-corrected chi connectivity index (χ1v) is 9.44. The molecule has 0 atom stereocenters. The number of nitrogens with zero attached hydrogens (tertiary/aromatic N) is 2. The van der Waals surface area contributed by atoms with Crippen LogP contribution >= 0.6 is 24.0 Å². The van der Waals surface area contributed by atoms with Crippen LogP contribution in [0, 0.1) is 0 Å². The number of nitrogens with one attached hydrogen (secondary N) is 2. The van der Waals surface area contributed by atoms with Crippen molar-refractivity contribution in [1.82, 2.24) is 15.6 Å². The summed E-state index contributed by atoms with van der Waals surface area (Å²) in [4.78, 5) is 8.36. The molecule has 1 heterocycles. The molecule has 0 aliphatic heterocycles. The van der Waals surface area contributed by atoms with E-state index in [1.54, 1.807) is 19.4 Å². The first-order chi connectivity index (χ1) is 13.9. The maximum Gasteiger partial charge on any atom is 0.191 e. The van der Waals surface area contributed by atoms with E-state index in [0.717, 1.165) is 18.3 Å². The van der Waals surface area contributed by atoms with Crippen molar-refractivity contribution in [3.8, 4) is 5.75 Å². The predicted molar refractivity (Wildman–Crippen MR) is 129 cm³/mol. The topological polar surface area (TPSA) is 58.5 Å². The number of hydrogen-bond acceptors (Lipinski definition) is 3. The highest BCUT2D eigenvalue weighted by Gasteiger charge is 2.14. The van der Waals surface area contributed by atoms with Gasteiger partial charge in [-0.05, 0) is 23.3 Å². The summed E-state index contributed by atoms with van der Waals surface area (Å²) in [6, 6.07) is 24.8. The molecule has 0 amide bonds. The zero-order valence-corrected chi connectivity index (χ0v) is 18.8. The molecular formula is C23H27IN4O. The molecule has 1 aromatic heterocycles. The number of benzene rings is 2. The molecule has 2 aromatic carbocycles. The third-order valence-corrected chi connectivity index (χ3v) is 4.40. The molecule has 0 radical (unpaired) electrons. The van der Waals surface area contributed by atoms with E-state index >= 15 is 0 Å². The molecule has 29 heavy (non-hydrogen) atoms. The Labute approximate surface area is 189 Å². The predicted octanol–water partition coefficient (Wildman–Crippen LogP) is 4.08. The minimum absolute atomic E-state index is 0. The van der Waals surface area contributed by atoms with E-state index in [2.05, 4.69) is 69.1 Å². The van der Waals surface area contributed by atoms with Gasteiger partial charge in [0.1, 0.15) is 12.4 Å². The summed E-state index contributed by atoms with van der Waals surface area (Å²) in [6.45, 7) is 1.93. The Morgan fingerprint density at radius 2 is 1.59 bits per heavy atom. The van der Waals surface area contributed by atoms with Crippen molar-refractivity contribution in [2.24, 2.45) is 4.99 Å². The molecule has 0 aliphatic carbocycles. The number of halogens is 1. The molecule has 0 saturated heterocycles. The lowest BCUT2D eigenvalue weighted by molar-refractivity contribution is 0.320. The van der Waals surface area contributed by atoms with Gasteiger partial charge in [0, 0.05) is 25.7 Å². The molecule has 0 spiro atoms. The van der Waals surface area contributed by atoms with Crippen molar-refractivity contribution in [2.45, 2.75) is 5.92 Å². The molecule has 6 heteroatoms. The van der Waals surface area contributed by atoms with Crippen molar-refractivity contribution < 1.29 is 4.74 Å². The van der Waals surface area contributed by atoms with Crippen LogP contribution in [0.1, 0.15) is 17.0 Å². The van der Waals surface area contributed by atoms with Crippen LogP contribution in [0.2, 0.25) is 0 Å². The van der Waals surface area contributed by atoms with Crippen molar-refractivity contribution in [1.29, 1.82) is 0 Å². The molecule has 0 fully saturated rings. The summed E-state index contributed by atoms with van der Waals surface area (Å²) in [5, 5.41) is 6.73. The molecular weight excluding hydrogens is 475 g/mol. The molecule has 5 nitrogen and oxygen atoms in total. The Morgan fingerprint density at radius 1 is 0.931 bits per heavy atom. The van der Waals surface area contributed by atoms with Gasteiger partial charge in [-0.2, -0.15) is 0 Å². The highest BCUT2D eigenvalue weighted by molar-refractivity contribution is 14.0. The summed E-state index contributed by atoms with van der Waals surface area (Å²) in [5.74, 6) is 1.76. The third kappa shape index (κ3) is 7.38. The first-order valence-electron chi connectivity index (χ1n) is 9.44. The van der Waals surface area contributed by atoms with E-state index in [1.807, 2.05) is 24.3 Å². The number of guanidine groups is 1. The lowest BCUT2D eigenvalue weighted by Crippen LogP contribution is -2.41. The highest BCUT2D eigenvalue weighted by atomic mass is 127. The Kier molecular flexibility index (Phi) is 9.99. The summed E-state index contributed by atoms with van der Waals surface area (Å²) >= 11 is 0. The second kappa shape index (κ2) is 12.8. The average Bonchev–Trinajstić information content (AvgIpc) is 2.77. The number of aliphatic imine (C=N–C) groups is 1. The Morgan fingerprint density at radius 3 is 2.14 bits per heavy atom. The van der Waals surface area contributed by atoms with Crippen LogP contribution in [0.15, 0.2) is 90.2 Å². The Hall–Kier alpha value is -2.61. The molecule has 0 saturated carbocycles. The molecule has 3 rings (SSSR count). The van der Waals surface area contributed by atoms with Gasteiger partial charge in [-0.3, -0.25) is 9.98 Å². The lowest BCUT2D eigenvalue weighted by Gasteiger charge is -2.20. The van der Waals surface area contributed by atoms with E-state index in [9.17, 15) is 0 Å². The van der Waals surface area contributed by atoms with Crippen LogP contribution in [0.3, 0.4) is 0 Å². The number of aromatic nitrogens is 1. The average molecular weight is 502 g/mol. The number of pyridine rings is 1. The fourth-order valence-electron chi connectivity index (χ4n) is 2.99. The number of hydrogen-bond donors (Lipinski definition) is 2. The molecule has 0 unspecified atom stereocenters. The van der Waals surface area contributed by atoms with Crippen LogP contribution in [0.4, 0.5) is 0 Å². The quantitative estimate of drug-likeness (QED) is 0.211. The van der Waals surface area contributed by atoms with Gasteiger partial charge >= 0.3 is 0 Å². The maximum atomic E-state index is 5.66. The van der Waals surface area contributed by atoms with Gasteiger partial charge < -0.3 is 15.4 Å². The normalized spacial score (nSPS) is 10.9. The summed E-state index contributed by atoms with van der Waals surface area (Å²) < 4.78 is 5.66. The molecule has 2 N–H and O–H groups in total. The van der Waals surface area contributed by atoms with E-state index < -0.39 is 0 Å². The number of rotatable bonds is 8. The van der Waals surface area contributed by atoms with E-state index in [0.29, 0.717) is 13.2 Å². The van der Waals surface area contributed by atoms with E-state index in [1.165, 1.54) is 11.1 Å². The monoisotopic (exact) mass is 502 g/mol. The number of ether oxygens (including phenoxy) is 1. The summed E-state index contributed by atoms with van der Waals surface area (Å²) in [5.41, 5.74) is 2.55. The van der Waals surface area contributed by atoms with Gasteiger partial charge in [-0.25, -0.2) is 0 Å². The smallest absolute Gasteiger partial charge is 0.191 e. The van der Waals surface area contributed by atoms with Crippen LogP contribution in [0.5, 0.6) is 5.75 Å². The first kappa shape index (κ1) is 22.7. The summed E-state index contributed by atoms with van der Waals surface area (Å²) in [7, 11) is 1.78. The molecule has 0 aliphatic rings. The lowest BCUT2D eigenvalue weighted by atomic mass is 9.91. The standard InChI is InChI=1S/C23H26N4O.HI/c1-24-23(26-15-16-28-21-13-8-14-25-17-21)27-18-22(19-9-4-2-5-10-19)20-11-6-3-7-12-20;/h2-14,17,22H,15-16,18H2,1H3,(H2,24,26,27);1H. The fraction of sp³-hybridized carbons (Fsp3) is 0.217. The highest BCUT2D eigenvalue weighted by Crippen LogP contribution is 2.23. The van der Waals surface area contributed by atoms with Gasteiger partial charge in [-0.15, -0.1) is 24.0 Å². The van der Waals surface area contributed by atoms with Crippen LogP contribution < -0.4 is 15.4 Å². The SMILES string of the molecule is CN=C(NCCOc1cccnc1)NCC(c1ccccc1)c1ccccc1.I. The van der Waals surface area contributed by atoms with Gasteiger partial charge in [0.2, 0.25) is 0 Å². The molecule has 3 aromatic rings. The van der Waals surface area contributed by atoms with Crippen LogP contribution in [-0.2, 0) is 0 Å².